The maximum Gasteiger partial charge on any atom is 0.0561 e. The minimum atomic E-state index is 0.252. The first-order valence-electron chi connectivity index (χ1n) is 7.14. The fourth-order valence-electron chi connectivity index (χ4n) is 2.12. The summed E-state index contributed by atoms with van der Waals surface area (Å²) in [5.41, 5.74) is 2.39. The average Bonchev–Trinajstić information content (AvgIpc) is 2.90. The molecule has 2 heterocycles. The van der Waals surface area contributed by atoms with Crippen LogP contribution in [-0.4, -0.2) is 11.5 Å². The van der Waals surface area contributed by atoms with Gasteiger partial charge in [-0.2, -0.15) is 0 Å². The third-order valence-corrected chi connectivity index (χ3v) is 4.78. The summed E-state index contributed by atoms with van der Waals surface area (Å²) in [4.78, 5) is 5.77. The summed E-state index contributed by atoms with van der Waals surface area (Å²) in [6, 6.07) is 6.51. The van der Waals surface area contributed by atoms with Gasteiger partial charge in [-0.05, 0) is 42.5 Å². The van der Waals surface area contributed by atoms with Crippen molar-refractivity contribution in [2.45, 2.75) is 39.2 Å². The van der Waals surface area contributed by atoms with Gasteiger partial charge in [0.05, 0.1) is 5.02 Å². The molecule has 0 spiro atoms. The highest BCUT2D eigenvalue weighted by molar-refractivity contribution is 7.10. The molecule has 0 aliphatic rings. The lowest BCUT2D eigenvalue weighted by atomic mass is 10.1. The average molecular weight is 309 g/mol. The molecule has 2 aromatic heterocycles. The summed E-state index contributed by atoms with van der Waals surface area (Å²) in [5.74, 6) is 0. The molecule has 0 bridgehead atoms. The zero-order valence-corrected chi connectivity index (χ0v) is 13.6. The van der Waals surface area contributed by atoms with Crippen LogP contribution in [0.5, 0.6) is 0 Å². The molecule has 4 heteroatoms. The lowest BCUT2D eigenvalue weighted by molar-refractivity contribution is 0.531. The van der Waals surface area contributed by atoms with E-state index in [2.05, 4.69) is 36.3 Å². The number of nitrogens with one attached hydrogen (secondary N) is 1. The van der Waals surface area contributed by atoms with Crippen molar-refractivity contribution >= 4 is 22.9 Å². The third-order valence-electron chi connectivity index (χ3n) is 3.31. The SMILES string of the molecule is CCCNC(Cc1ccc(CC)cn1)c1sccc1Cl. The number of hydrogen-bond donors (Lipinski definition) is 1. The van der Waals surface area contributed by atoms with Crippen LogP contribution in [0.2, 0.25) is 5.02 Å². The van der Waals surface area contributed by atoms with Crippen LogP contribution in [0.25, 0.3) is 0 Å². The maximum atomic E-state index is 6.28. The van der Waals surface area contributed by atoms with Gasteiger partial charge in [-0.25, -0.2) is 0 Å². The van der Waals surface area contributed by atoms with Crippen LogP contribution in [0.15, 0.2) is 29.8 Å². The second-order valence-electron chi connectivity index (χ2n) is 4.85. The van der Waals surface area contributed by atoms with E-state index in [-0.39, 0.29) is 6.04 Å². The van der Waals surface area contributed by atoms with Gasteiger partial charge in [-0.3, -0.25) is 4.98 Å². The molecule has 2 nitrogen and oxygen atoms in total. The number of aryl methyl sites for hydroxylation is 1. The summed E-state index contributed by atoms with van der Waals surface area (Å²) >= 11 is 7.99. The number of nitrogens with zero attached hydrogens (tertiary/aromatic N) is 1. The Bertz CT molecular complexity index is 522. The normalized spacial score (nSPS) is 12.6. The Balaban J connectivity index is 2.12. The van der Waals surface area contributed by atoms with Gasteiger partial charge in [0.2, 0.25) is 0 Å². The first-order chi connectivity index (χ1) is 9.74. The molecule has 1 unspecified atom stereocenters. The fraction of sp³-hybridized carbons (Fsp3) is 0.438. The molecule has 0 saturated carbocycles. The molecule has 1 N–H and O–H groups in total. The van der Waals surface area contributed by atoms with Crippen LogP contribution in [0.1, 0.15) is 42.4 Å². The Morgan fingerprint density at radius 2 is 2.15 bits per heavy atom. The quantitative estimate of drug-likeness (QED) is 0.806. The van der Waals surface area contributed by atoms with E-state index >= 15 is 0 Å². The Hall–Kier alpha value is -0.900. The summed E-state index contributed by atoms with van der Waals surface area (Å²) in [5, 5.41) is 6.48. The van der Waals surface area contributed by atoms with Crippen LogP contribution >= 0.6 is 22.9 Å². The van der Waals surface area contributed by atoms with Crippen molar-refractivity contribution < 1.29 is 0 Å². The van der Waals surface area contributed by atoms with E-state index in [1.165, 1.54) is 10.4 Å². The number of aromatic nitrogens is 1. The third kappa shape index (κ3) is 4.05. The van der Waals surface area contributed by atoms with Crippen molar-refractivity contribution in [1.82, 2.24) is 10.3 Å². The van der Waals surface area contributed by atoms with Crippen molar-refractivity contribution in [2.24, 2.45) is 0 Å². The first kappa shape index (κ1) is 15.5. The van der Waals surface area contributed by atoms with Crippen LogP contribution in [-0.2, 0) is 12.8 Å². The summed E-state index contributed by atoms with van der Waals surface area (Å²) in [6.45, 7) is 5.31. The monoisotopic (exact) mass is 308 g/mol. The molecular weight excluding hydrogens is 288 g/mol. The van der Waals surface area contributed by atoms with Gasteiger partial charge >= 0.3 is 0 Å². The number of pyridine rings is 1. The van der Waals surface area contributed by atoms with Gasteiger partial charge in [0, 0.05) is 29.2 Å². The van der Waals surface area contributed by atoms with Crippen molar-refractivity contribution in [2.75, 3.05) is 6.54 Å². The highest BCUT2D eigenvalue weighted by atomic mass is 35.5. The predicted octanol–water partition coefficient (Wildman–Crippen LogP) is 4.64. The molecule has 1 atom stereocenters. The van der Waals surface area contributed by atoms with Crippen LogP contribution in [0, 0.1) is 0 Å². The van der Waals surface area contributed by atoms with Gasteiger partial charge in [0.1, 0.15) is 0 Å². The van der Waals surface area contributed by atoms with Crippen molar-refractivity contribution in [1.29, 1.82) is 0 Å². The lowest BCUT2D eigenvalue weighted by Crippen LogP contribution is -2.23. The number of thiophene rings is 1. The van der Waals surface area contributed by atoms with Gasteiger partial charge in [-0.15, -0.1) is 11.3 Å². The second kappa shape index (κ2) is 7.77. The molecule has 20 heavy (non-hydrogen) atoms. The predicted molar refractivity (Wildman–Crippen MR) is 87.7 cm³/mol. The highest BCUT2D eigenvalue weighted by Gasteiger charge is 2.16. The molecule has 0 amide bonds. The number of rotatable bonds is 7. The van der Waals surface area contributed by atoms with Crippen molar-refractivity contribution in [3.05, 3.63) is 50.9 Å². The van der Waals surface area contributed by atoms with E-state index in [4.69, 9.17) is 11.6 Å². The van der Waals surface area contributed by atoms with Crippen LogP contribution < -0.4 is 5.32 Å². The van der Waals surface area contributed by atoms with Gasteiger partial charge in [-0.1, -0.05) is 31.5 Å². The fourth-order valence-corrected chi connectivity index (χ4v) is 3.39. The molecular formula is C16H21ClN2S. The minimum absolute atomic E-state index is 0.252. The molecule has 0 saturated heterocycles. The zero-order valence-electron chi connectivity index (χ0n) is 12.0. The largest absolute Gasteiger partial charge is 0.309 e. The van der Waals surface area contributed by atoms with Crippen molar-refractivity contribution in [3.8, 4) is 0 Å². The van der Waals surface area contributed by atoms with E-state index in [1.54, 1.807) is 11.3 Å². The van der Waals surface area contributed by atoms with Crippen LogP contribution in [0.3, 0.4) is 0 Å². The summed E-state index contributed by atoms with van der Waals surface area (Å²) in [6.07, 6.45) is 5.00. The van der Waals surface area contributed by atoms with E-state index < -0.39 is 0 Å². The molecule has 2 aromatic rings. The van der Waals surface area contributed by atoms with Crippen molar-refractivity contribution in [3.63, 3.8) is 0 Å². The molecule has 0 fully saturated rings. The molecule has 0 radical (unpaired) electrons. The minimum Gasteiger partial charge on any atom is -0.309 e. The second-order valence-corrected chi connectivity index (χ2v) is 6.21. The van der Waals surface area contributed by atoms with E-state index in [9.17, 15) is 0 Å². The zero-order chi connectivity index (χ0) is 14.4. The molecule has 108 valence electrons. The van der Waals surface area contributed by atoms with Gasteiger partial charge < -0.3 is 5.32 Å². The number of hydrogen-bond acceptors (Lipinski definition) is 3. The topological polar surface area (TPSA) is 24.9 Å². The summed E-state index contributed by atoms with van der Waals surface area (Å²) < 4.78 is 0. The maximum absolute atomic E-state index is 6.28. The van der Waals surface area contributed by atoms with Gasteiger partial charge in [0.25, 0.3) is 0 Å². The highest BCUT2D eigenvalue weighted by Crippen LogP contribution is 2.30. The first-order valence-corrected chi connectivity index (χ1v) is 8.40. The Kier molecular flexibility index (Phi) is 6.02. The molecule has 0 aromatic carbocycles. The number of halogens is 1. The Morgan fingerprint density at radius 3 is 2.70 bits per heavy atom. The lowest BCUT2D eigenvalue weighted by Gasteiger charge is -2.17. The standard InChI is InChI=1S/C16H21ClN2S/c1-3-8-18-15(16-14(17)7-9-20-16)10-13-6-5-12(4-2)11-19-13/h5-7,9,11,15,18H,3-4,8,10H2,1-2H3. The smallest absolute Gasteiger partial charge is 0.0561 e. The van der Waals surface area contributed by atoms with E-state index in [0.717, 1.165) is 36.5 Å². The van der Waals surface area contributed by atoms with Gasteiger partial charge in [0.15, 0.2) is 0 Å². The van der Waals surface area contributed by atoms with E-state index in [1.807, 2.05) is 17.6 Å². The Labute approximate surface area is 130 Å². The van der Waals surface area contributed by atoms with Crippen LogP contribution in [0.4, 0.5) is 0 Å². The molecule has 2 rings (SSSR count). The Morgan fingerprint density at radius 1 is 1.30 bits per heavy atom. The molecule has 0 aliphatic heterocycles. The van der Waals surface area contributed by atoms with E-state index in [0.29, 0.717) is 0 Å². The summed E-state index contributed by atoms with van der Waals surface area (Å²) in [7, 11) is 0. The molecule has 0 aliphatic carbocycles.